The molecule has 6 heteroatoms. The molecule has 0 aliphatic carbocycles. The molecule has 1 amide bonds. The van der Waals surface area contributed by atoms with Crippen molar-refractivity contribution in [1.29, 1.82) is 0 Å². The number of carbonyl (C=O) groups excluding carboxylic acids is 2. The number of benzene rings is 3. The van der Waals surface area contributed by atoms with E-state index in [1.807, 2.05) is 73.5 Å². The van der Waals surface area contributed by atoms with Crippen molar-refractivity contribution in [3.05, 3.63) is 102 Å². The lowest BCUT2D eigenvalue weighted by molar-refractivity contribution is -0.151. The maximum atomic E-state index is 13.8. The fourth-order valence-electron chi connectivity index (χ4n) is 5.58. The Labute approximate surface area is 230 Å². The maximum Gasteiger partial charge on any atom is 0.310 e. The molecule has 0 bridgehead atoms. The topological polar surface area (TPSA) is 60.8 Å². The van der Waals surface area contributed by atoms with E-state index in [0.717, 1.165) is 46.2 Å². The van der Waals surface area contributed by atoms with Gasteiger partial charge in [-0.3, -0.25) is 9.59 Å². The highest BCUT2D eigenvalue weighted by molar-refractivity contribution is 5.87. The van der Waals surface area contributed by atoms with E-state index in [-0.39, 0.29) is 23.7 Å². The number of aromatic nitrogens is 1. The summed E-state index contributed by atoms with van der Waals surface area (Å²) in [7, 11) is 2.04. The number of ether oxygens (including phenoxy) is 2. The Morgan fingerprint density at radius 1 is 1.00 bits per heavy atom. The fourth-order valence-corrected chi connectivity index (χ4v) is 5.58. The number of hydrogen-bond donors (Lipinski definition) is 0. The van der Waals surface area contributed by atoms with Crippen molar-refractivity contribution >= 4 is 22.8 Å². The van der Waals surface area contributed by atoms with Crippen molar-refractivity contribution in [2.45, 2.75) is 38.7 Å². The van der Waals surface area contributed by atoms with Crippen LogP contribution in [0.3, 0.4) is 0 Å². The standard InChI is InChI=1S/C33H36N2O4/c1-3-38-33(37)26-14-10-18-35(21-26)32(36)20-29(30-22-34(2)31-17-8-7-16-28(30)31)25-13-9-15-27(19-25)39-23-24-11-5-4-6-12-24/h4-9,11-13,15-17,19,22,26,29H,3,10,14,18,20-21,23H2,1-2H3. The fraction of sp³-hybridized carbons (Fsp3) is 0.333. The van der Waals surface area contributed by atoms with Gasteiger partial charge in [0, 0.05) is 49.6 Å². The molecule has 0 N–H and O–H groups in total. The summed E-state index contributed by atoms with van der Waals surface area (Å²) in [6.45, 7) is 3.73. The quantitative estimate of drug-likeness (QED) is 0.249. The molecule has 0 spiro atoms. The van der Waals surface area contributed by atoms with E-state index in [2.05, 4.69) is 35.0 Å². The average molecular weight is 525 g/mol. The summed E-state index contributed by atoms with van der Waals surface area (Å²) in [6.07, 6.45) is 4.01. The van der Waals surface area contributed by atoms with Crippen LogP contribution in [0.15, 0.2) is 85.1 Å². The third-order valence-corrected chi connectivity index (χ3v) is 7.58. The van der Waals surface area contributed by atoms with Crippen LogP contribution in [0, 0.1) is 5.92 Å². The van der Waals surface area contributed by atoms with Crippen molar-refractivity contribution in [1.82, 2.24) is 9.47 Å². The van der Waals surface area contributed by atoms with Crippen LogP contribution < -0.4 is 4.74 Å². The van der Waals surface area contributed by atoms with E-state index >= 15 is 0 Å². The molecule has 1 aromatic heterocycles. The van der Waals surface area contributed by atoms with Crippen molar-refractivity contribution < 1.29 is 19.1 Å². The van der Waals surface area contributed by atoms with Crippen molar-refractivity contribution in [2.75, 3.05) is 19.7 Å². The van der Waals surface area contributed by atoms with Gasteiger partial charge in [0.25, 0.3) is 0 Å². The monoisotopic (exact) mass is 524 g/mol. The molecule has 2 unspecified atom stereocenters. The number of hydrogen-bond acceptors (Lipinski definition) is 4. The molecule has 0 saturated carbocycles. The Balaban J connectivity index is 1.43. The molecular formula is C33H36N2O4. The lowest BCUT2D eigenvalue weighted by Gasteiger charge is -2.32. The predicted octanol–water partition coefficient (Wildman–Crippen LogP) is 6.08. The van der Waals surface area contributed by atoms with E-state index in [9.17, 15) is 9.59 Å². The second kappa shape index (κ2) is 12.2. The molecule has 3 aromatic carbocycles. The van der Waals surface area contributed by atoms with E-state index < -0.39 is 0 Å². The molecule has 202 valence electrons. The van der Waals surface area contributed by atoms with Gasteiger partial charge in [0.2, 0.25) is 5.91 Å². The molecule has 1 aliphatic rings. The van der Waals surface area contributed by atoms with Crippen molar-refractivity contribution in [3.8, 4) is 5.75 Å². The minimum Gasteiger partial charge on any atom is -0.489 e. The van der Waals surface area contributed by atoms with Crippen LogP contribution in [0.4, 0.5) is 0 Å². The first-order valence-electron chi connectivity index (χ1n) is 13.8. The SMILES string of the molecule is CCOC(=O)C1CCCN(C(=O)CC(c2cccc(OCc3ccccc3)c2)c2cn(C)c3ccccc23)C1. The van der Waals surface area contributed by atoms with Gasteiger partial charge in [0.05, 0.1) is 12.5 Å². The molecule has 39 heavy (non-hydrogen) atoms. The largest absolute Gasteiger partial charge is 0.489 e. The molecule has 4 aromatic rings. The molecule has 6 nitrogen and oxygen atoms in total. The van der Waals surface area contributed by atoms with Crippen LogP contribution in [0.25, 0.3) is 10.9 Å². The normalized spacial score (nSPS) is 16.2. The number of likely N-dealkylation sites (tertiary alicyclic amines) is 1. The summed E-state index contributed by atoms with van der Waals surface area (Å²) < 4.78 is 13.5. The Morgan fingerprint density at radius 3 is 2.62 bits per heavy atom. The zero-order chi connectivity index (χ0) is 27.2. The predicted molar refractivity (Wildman–Crippen MR) is 153 cm³/mol. The Bertz CT molecular complexity index is 1430. The third kappa shape index (κ3) is 6.17. The molecule has 5 rings (SSSR count). The molecule has 1 aliphatic heterocycles. The third-order valence-electron chi connectivity index (χ3n) is 7.58. The van der Waals surface area contributed by atoms with Gasteiger partial charge in [-0.05, 0) is 54.7 Å². The lowest BCUT2D eigenvalue weighted by Crippen LogP contribution is -2.43. The second-order valence-electron chi connectivity index (χ2n) is 10.2. The zero-order valence-electron chi connectivity index (χ0n) is 22.7. The van der Waals surface area contributed by atoms with Gasteiger partial charge in [-0.25, -0.2) is 0 Å². The van der Waals surface area contributed by atoms with Crippen LogP contribution in [0.2, 0.25) is 0 Å². The zero-order valence-corrected chi connectivity index (χ0v) is 22.7. The molecular weight excluding hydrogens is 488 g/mol. The van der Waals surface area contributed by atoms with Gasteiger partial charge in [-0.2, -0.15) is 0 Å². The first-order chi connectivity index (χ1) is 19.0. The minimum absolute atomic E-state index is 0.0533. The van der Waals surface area contributed by atoms with Gasteiger partial charge in [0.15, 0.2) is 0 Å². The summed E-state index contributed by atoms with van der Waals surface area (Å²) in [6, 6.07) is 26.5. The van der Waals surface area contributed by atoms with Crippen LogP contribution in [-0.4, -0.2) is 41.0 Å². The van der Waals surface area contributed by atoms with E-state index in [0.29, 0.717) is 32.7 Å². The van der Waals surface area contributed by atoms with Gasteiger partial charge in [0.1, 0.15) is 12.4 Å². The van der Waals surface area contributed by atoms with Gasteiger partial charge < -0.3 is 18.9 Å². The van der Waals surface area contributed by atoms with Gasteiger partial charge >= 0.3 is 5.97 Å². The number of aryl methyl sites for hydroxylation is 1. The van der Waals surface area contributed by atoms with Crippen LogP contribution in [0.1, 0.15) is 48.8 Å². The highest BCUT2D eigenvalue weighted by Crippen LogP contribution is 2.36. The molecule has 1 saturated heterocycles. The summed E-state index contributed by atoms with van der Waals surface area (Å²) in [4.78, 5) is 28.0. The average Bonchev–Trinajstić information content (AvgIpc) is 3.31. The van der Waals surface area contributed by atoms with E-state index in [4.69, 9.17) is 9.47 Å². The lowest BCUT2D eigenvalue weighted by atomic mass is 9.87. The molecule has 2 atom stereocenters. The number of para-hydroxylation sites is 1. The number of rotatable bonds is 9. The van der Waals surface area contributed by atoms with Crippen molar-refractivity contribution in [2.24, 2.45) is 13.0 Å². The molecule has 1 fully saturated rings. The number of carbonyl (C=O) groups is 2. The number of piperidine rings is 1. The first kappa shape index (κ1) is 26.5. The van der Waals surface area contributed by atoms with Gasteiger partial charge in [-0.15, -0.1) is 0 Å². The van der Waals surface area contributed by atoms with Crippen LogP contribution in [0.5, 0.6) is 5.75 Å². The maximum absolute atomic E-state index is 13.8. The highest BCUT2D eigenvalue weighted by atomic mass is 16.5. The Morgan fingerprint density at radius 2 is 1.79 bits per heavy atom. The van der Waals surface area contributed by atoms with E-state index in [1.165, 1.54) is 0 Å². The summed E-state index contributed by atoms with van der Waals surface area (Å²) in [5.41, 5.74) is 4.37. The number of nitrogens with zero attached hydrogens (tertiary/aromatic N) is 2. The van der Waals surface area contributed by atoms with E-state index in [1.54, 1.807) is 0 Å². The van der Waals surface area contributed by atoms with Crippen molar-refractivity contribution in [3.63, 3.8) is 0 Å². The Kier molecular flexibility index (Phi) is 8.30. The molecule has 0 radical (unpaired) electrons. The molecule has 2 heterocycles. The first-order valence-corrected chi connectivity index (χ1v) is 13.8. The Hall–Kier alpha value is -4.06. The van der Waals surface area contributed by atoms with Crippen LogP contribution in [-0.2, 0) is 28.0 Å². The van der Waals surface area contributed by atoms with Crippen LogP contribution >= 0.6 is 0 Å². The summed E-state index contributed by atoms with van der Waals surface area (Å²) in [5, 5.41) is 1.14. The smallest absolute Gasteiger partial charge is 0.310 e. The minimum atomic E-state index is -0.256. The highest BCUT2D eigenvalue weighted by Gasteiger charge is 2.31. The second-order valence-corrected chi connectivity index (χ2v) is 10.2. The summed E-state index contributed by atoms with van der Waals surface area (Å²) in [5.74, 6) is 0.205. The number of amides is 1. The summed E-state index contributed by atoms with van der Waals surface area (Å²) >= 11 is 0. The number of fused-ring (bicyclic) bond motifs is 1. The number of esters is 1. The van der Waals surface area contributed by atoms with Gasteiger partial charge in [-0.1, -0.05) is 60.7 Å².